The molecule has 26 heavy (non-hydrogen) atoms. The third kappa shape index (κ3) is 2.92. The maximum absolute atomic E-state index is 12.7. The zero-order chi connectivity index (χ0) is 18.3. The lowest BCUT2D eigenvalue weighted by atomic mass is 9.90. The van der Waals surface area contributed by atoms with Crippen molar-refractivity contribution >= 4 is 23.2 Å². The molecule has 0 spiro atoms. The Morgan fingerprint density at radius 3 is 2.65 bits per heavy atom. The minimum atomic E-state index is -0.856. The van der Waals surface area contributed by atoms with Crippen molar-refractivity contribution in [2.24, 2.45) is 5.41 Å². The Hall–Kier alpha value is -2.54. The van der Waals surface area contributed by atoms with Gasteiger partial charge in [0.25, 0.3) is 5.91 Å². The van der Waals surface area contributed by atoms with Crippen LogP contribution in [0.5, 0.6) is 11.5 Å². The molecule has 0 radical (unpaired) electrons. The molecule has 0 aliphatic carbocycles. The number of carboxylic acids is 1. The molecular formula is C19H19NO5S. The first-order valence-electron chi connectivity index (χ1n) is 8.49. The number of hydrogen-bond acceptors (Lipinski definition) is 5. The SMILES string of the molecule is C[C@]1(C(=O)O)CCN(C(=O)c2ccc(-c3ccc4c(c3)OCCO4)s2)C1. The average molecular weight is 373 g/mol. The zero-order valence-corrected chi connectivity index (χ0v) is 15.2. The Morgan fingerprint density at radius 1 is 1.15 bits per heavy atom. The summed E-state index contributed by atoms with van der Waals surface area (Å²) < 4.78 is 11.1. The zero-order valence-electron chi connectivity index (χ0n) is 14.4. The predicted molar refractivity (Wildman–Crippen MR) is 97.0 cm³/mol. The van der Waals surface area contributed by atoms with Crippen LogP contribution in [0.4, 0.5) is 0 Å². The maximum Gasteiger partial charge on any atom is 0.311 e. The van der Waals surface area contributed by atoms with E-state index >= 15 is 0 Å². The smallest absolute Gasteiger partial charge is 0.311 e. The van der Waals surface area contributed by atoms with Crippen LogP contribution in [0.25, 0.3) is 10.4 Å². The van der Waals surface area contributed by atoms with Gasteiger partial charge in [0, 0.05) is 18.0 Å². The van der Waals surface area contributed by atoms with Crippen molar-refractivity contribution in [3.05, 3.63) is 35.2 Å². The number of nitrogens with zero attached hydrogens (tertiary/aromatic N) is 1. The van der Waals surface area contributed by atoms with Gasteiger partial charge in [-0.2, -0.15) is 0 Å². The van der Waals surface area contributed by atoms with Gasteiger partial charge < -0.3 is 19.5 Å². The van der Waals surface area contributed by atoms with Gasteiger partial charge in [-0.05, 0) is 49.2 Å². The number of fused-ring (bicyclic) bond motifs is 1. The van der Waals surface area contributed by atoms with Crippen LogP contribution in [0.3, 0.4) is 0 Å². The number of thiophene rings is 1. The van der Waals surface area contributed by atoms with Crippen LogP contribution in [0.15, 0.2) is 30.3 Å². The van der Waals surface area contributed by atoms with Crippen molar-refractivity contribution in [2.75, 3.05) is 26.3 Å². The summed E-state index contributed by atoms with van der Waals surface area (Å²) in [7, 11) is 0. The molecule has 0 saturated carbocycles. The lowest BCUT2D eigenvalue weighted by Gasteiger charge is -2.19. The molecule has 1 N–H and O–H groups in total. The van der Waals surface area contributed by atoms with E-state index in [2.05, 4.69) is 0 Å². The highest BCUT2D eigenvalue weighted by Gasteiger charge is 2.42. The number of ether oxygens (including phenoxy) is 2. The summed E-state index contributed by atoms with van der Waals surface area (Å²) in [6, 6.07) is 9.46. The molecule has 0 bridgehead atoms. The molecule has 2 aromatic rings. The van der Waals surface area contributed by atoms with Crippen LogP contribution < -0.4 is 9.47 Å². The van der Waals surface area contributed by atoms with E-state index in [9.17, 15) is 14.7 Å². The molecule has 1 amide bonds. The number of benzene rings is 1. The van der Waals surface area contributed by atoms with Gasteiger partial charge in [-0.3, -0.25) is 9.59 Å². The normalized spacial score (nSPS) is 21.7. The second-order valence-corrected chi connectivity index (χ2v) is 7.95. The second kappa shape index (κ2) is 6.32. The quantitative estimate of drug-likeness (QED) is 0.895. The van der Waals surface area contributed by atoms with Crippen LogP contribution in [-0.2, 0) is 4.79 Å². The molecule has 7 heteroatoms. The molecule has 1 atom stereocenters. The van der Waals surface area contributed by atoms with Gasteiger partial charge in [-0.15, -0.1) is 11.3 Å². The first kappa shape index (κ1) is 16.9. The van der Waals surface area contributed by atoms with Crippen molar-refractivity contribution < 1.29 is 24.2 Å². The van der Waals surface area contributed by atoms with Gasteiger partial charge in [-0.25, -0.2) is 0 Å². The second-order valence-electron chi connectivity index (χ2n) is 6.86. The van der Waals surface area contributed by atoms with Gasteiger partial charge in [0.05, 0.1) is 10.3 Å². The molecule has 1 aromatic carbocycles. The first-order valence-corrected chi connectivity index (χ1v) is 9.30. The van der Waals surface area contributed by atoms with Crippen LogP contribution in [-0.4, -0.2) is 48.2 Å². The van der Waals surface area contributed by atoms with E-state index in [1.807, 2.05) is 24.3 Å². The summed E-state index contributed by atoms with van der Waals surface area (Å²) in [6.45, 7) is 3.49. The fourth-order valence-electron chi connectivity index (χ4n) is 3.27. The van der Waals surface area contributed by atoms with E-state index in [1.165, 1.54) is 11.3 Å². The molecule has 3 heterocycles. The van der Waals surface area contributed by atoms with E-state index < -0.39 is 11.4 Å². The molecule has 6 nitrogen and oxygen atoms in total. The van der Waals surface area contributed by atoms with E-state index in [1.54, 1.807) is 17.9 Å². The van der Waals surface area contributed by atoms with Crippen molar-refractivity contribution in [3.8, 4) is 21.9 Å². The number of rotatable bonds is 3. The highest BCUT2D eigenvalue weighted by Crippen LogP contribution is 2.38. The van der Waals surface area contributed by atoms with Gasteiger partial charge in [0.15, 0.2) is 11.5 Å². The number of amides is 1. The largest absolute Gasteiger partial charge is 0.486 e. The Balaban J connectivity index is 1.53. The first-order chi connectivity index (χ1) is 12.5. The third-order valence-corrected chi connectivity index (χ3v) is 6.04. The Kier molecular flexibility index (Phi) is 4.11. The topological polar surface area (TPSA) is 76.1 Å². The molecule has 1 aromatic heterocycles. The monoisotopic (exact) mass is 373 g/mol. The summed E-state index contributed by atoms with van der Waals surface area (Å²) in [5.41, 5.74) is 0.112. The van der Waals surface area contributed by atoms with E-state index in [4.69, 9.17) is 9.47 Å². The van der Waals surface area contributed by atoms with Crippen LogP contribution >= 0.6 is 11.3 Å². The van der Waals surface area contributed by atoms with Crippen molar-refractivity contribution in [1.82, 2.24) is 4.90 Å². The molecule has 4 rings (SSSR count). The Bertz CT molecular complexity index is 877. The maximum atomic E-state index is 12.7. The van der Waals surface area contributed by atoms with E-state index in [0.29, 0.717) is 36.8 Å². The van der Waals surface area contributed by atoms with Gasteiger partial charge in [0.2, 0.25) is 0 Å². The fraction of sp³-hybridized carbons (Fsp3) is 0.368. The molecule has 2 aliphatic rings. The van der Waals surface area contributed by atoms with Gasteiger partial charge >= 0.3 is 5.97 Å². The number of carboxylic acid groups (broad SMARTS) is 1. The molecular weight excluding hydrogens is 354 g/mol. The molecule has 1 saturated heterocycles. The summed E-state index contributed by atoms with van der Waals surface area (Å²) in [5.74, 6) is 0.490. The van der Waals surface area contributed by atoms with Crippen molar-refractivity contribution in [2.45, 2.75) is 13.3 Å². The van der Waals surface area contributed by atoms with Gasteiger partial charge in [0.1, 0.15) is 13.2 Å². The summed E-state index contributed by atoms with van der Waals surface area (Å²) in [5, 5.41) is 9.33. The summed E-state index contributed by atoms with van der Waals surface area (Å²) >= 11 is 1.41. The summed E-state index contributed by atoms with van der Waals surface area (Å²) in [4.78, 5) is 27.3. The predicted octanol–water partition coefficient (Wildman–Crippen LogP) is 3.12. The Labute approximate surface area is 155 Å². The summed E-state index contributed by atoms with van der Waals surface area (Å²) in [6.07, 6.45) is 0.481. The van der Waals surface area contributed by atoms with Crippen molar-refractivity contribution in [3.63, 3.8) is 0 Å². The minimum absolute atomic E-state index is 0.108. The number of carbonyl (C=O) groups is 2. The number of hydrogen-bond donors (Lipinski definition) is 1. The van der Waals surface area contributed by atoms with Crippen molar-refractivity contribution in [1.29, 1.82) is 0 Å². The van der Waals surface area contributed by atoms with E-state index in [0.717, 1.165) is 16.2 Å². The van der Waals surface area contributed by atoms with Crippen LogP contribution in [0.2, 0.25) is 0 Å². The van der Waals surface area contributed by atoms with Gasteiger partial charge in [-0.1, -0.05) is 0 Å². The lowest BCUT2D eigenvalue weighted by molar-refractivity contribution is -0.147. The van der Waals surface area contributed by atoms with Crippen LogP contribution in [0, 0.1) is 5.41 Å². The molecule has 136 valence electrons. The molecule has 1 fully saturated rings. The van der Waals surface area contributed by atoms with Crippen LogP contribution in [0.1, 0.15) is 23.0 Å². The Morgan fingerprint density at radius 2 is 1.92 bits per heavy atom. The third-order valence-electron chi connectivity index (χ3n) is 4.92. The minimum Gasteiger partial charge on any atom is -0.486 e. The average Bonchev–Trinajstić information content (AvgIpc) is 3.29. The fourth-order valence-corrected chi connectivity index (χ4v) is 4.24. The number of aliphatic carboxylic acids is 1. The number of carbonyl (C=O) groups excluding carboxylic acids is 1. The lowest BCUT2D eigenvalue weighted by Crippen LogP contribution is -2.34. The van der Waals surface area contributed by atoms with E-state index in [-0.39, 0.29) is 12.5 Å². The molecule has 2 aliphatic heterocycles. The highest BCUT2D eigenvalue weighted by atomic mass is 32.1. The standard InChI is InChI=1S/C19H19NO5S/c1-19(18(22)23)6-7-20(11-19)17(21)16-5-4-15(26-16)12-2-3-13-14(10-12)25-9-8-24-13/h2-5,10H,6-9,11H2,1H3,(H,22,23)/t19-/m0/s1. The molecule has 0 unspecified atom stereocenters. The number of likely N-dealkylation sites (tertiary alicyclic amines) is 1. The highest BCUT2D eigenvalue weighted by molar-refractivity contribution is 7.17.